The monoisotopic (exact) mass is 395 g/mol. The lowest BCUT2D eigenvalue weighted by Crippen LogP contribution is -2.14. The highest BCUT2D eigenvalue weighted by atomic mass is 35.5. The Balaban J connectivity index is 1.78. The highest BCUT2D eigenvalue weighted by molar-refractivity contribution is 7.92. The normalized spacial score (nSPS) is 15.0. The molecule has 1 N–H and O–H groups in total. The third-order valence-electron chi connectivity index (χ3n) is 4.46. The highest BCUT2D eigenvalue weighted by Gasteiger charge is 2.19. The molecule has 140 valence electrons. The Kier molecular flexibility index (Phi) is 5.63. The molecule has 7 heteroatoms. The number of nitrogens with one attached hydrogen (secondary N) is 1. The summed E-state index contributed by atoms with van der Waals surface area (Å²) in [5, 5.41) is 0.512. The van der Waals surface area contributed by atoms with Gasteiger partial charge in [-0.15, -0.1) is 0 Å². The topological polar surface area (TPSA) is 64.6 Å². The third-order valence-corrected chi connectivity index (χ3v) is 6.25. The zero-order valence-corrected chi connectivity index (χ0v) is 16.4. The molecule has 0 radical (unpaired) electrons. The van der Waals surface area contributed by atoms with Crippen LogP contribution in [-0.2, 0) is 10.0 Å². The number of anilines is 1. The van der Waals surface area contributed by atoms with E-state index in [-0.39, 0.29) is 11.0 Å². The molecule has 1 aliphatic carbocycles. The fraction of sp³-hybridized carbons (Fsp3) is 0.368. The molecule has 1 fully saturated rings. The van der Waals surface area contributed by atoms with Crippen molar-refractivity contribution in [2.45, 2.75) is 43.6 Å². The van der Waals surface area contributed by atoms with Crippen LogP contribution in [0.3, 0.4) is 0 Å². The maximum atomic E-state index is 12.7. The summed E-state index contributed by atoms with van der Waals surface area (Å²) in [6, 6.07) is 9.71. The standard InChI is InChI=1S/C19H22ClNO4S/c1-13-11-18(19(24-2)12-17(13)20)21-26(22,23)16-9-7-15(8-10-16)25-14-5-3-4-6-14/h7-12,14,21H,3-6H2,1-2H3. The molecule has 26 heavy (non-hydrogen) atoms. The van der Waals surface area contributed by atoms with Crippen molar-refractivity contribution in [1.82, 2.24) is 0 Å². The van der Waals surface area contributed by atoms with Gasteiger partial charge >= 0.3 is 0 Å². The number of halogens is 1. The van der Waals surface area contributed by atoms with E-state index in [4.69, 9.17) is 21.1 Å². The minimum atomic E-state index is -3.75. The van der Waals surface area contributed by atoms with Crippen LogP contribution in [0.4, 0.5) is 5.69 Å². The van der Waals surface area contributed by atoms with Crippen LogP contribution < -0.4 is 14.2 Å². The maximum Gasteiger partial charge on any atom is 0.262 e. The van der Waals surface area contributed by atoms with Crippen molar-refractivity contribution in [3.05, 3.63) is 47.0 Å². The summed E-state index contributed by atoms with van der Waals surface area (Å²) in [5.74, 6) is 1.06. The maximum absolute atomic E-state index is 12.7. The smallest absolute Gasteiger partial charge is 0.262 e. The minimum absolute atomic E-state index is 0.158. The lowest BCUT2D eigenvalue weighted by molar-refractivity contribution is 0.210. The predicted octanol–water partition coefficient (Wildman–Crippen LogP) is 4.78. The van der Waals surface area contributed by atoms with Crippen LogP contribution in [0.2, 0.25) is 5.02 Å². The number of ether oxygens (including phenoxy) is 2. The Bertz CT molecular complexity index is 875. The molecular weight excluding hydrogens is 374 g/mol. The third kappa shape index (κ3) is 4.24. The predicted molar refractivity (Wildman–Crippen MR) is 103 cm³/mol. The van der Waals surface area contributed by atoms with E-state index in [9.17, 15) is 8.42 Å². The van der Waals surface area contributed by atoms with Crippen molar-refractivity contribution >= 4 is 27.3 Å². The Morgan fingerprint density at radius 2 is 1.77 bits per heavy atom. The van der Waals surface area contributed by atoms with Gasteiger partial charge in [0, 0.05) is 11.1 Å². The fourth-order valence-electron chi connectivity index (χ4n) is 3.01. The lowest BCUT2D eigenvalue weighted by Gasteiger charge is -2.15. The van der Waals surface area contributed by atoms with E-state index in [1.807, 2.05) is 0 Å². The molecule has 2 aromatic rings. The molecule has 0 bridgehead atoms. The molecule has 1 aliphatic rings. The van der Waals surface area contributed by atoms with Crippen molar-refractivity contribution in [1.29, 1.82) is 0 Å². The first-order valence-corrected chi connectivity index (χ1v) is 10.4. The fourth-order valence-corrected chi connectivity index (χ4v) is 4.23. The molecule has 0 amide bonds. The average Bonchev–Trinajstić information content (AvgIpc) is 3.11. The van der Waals surface area contributed by atoms with Crippen molar-refractivity contribution in [2.24, 2.45) is 0 Å². The number of hydrogen-bond acceptors (Lipinski definition) is 4. The van der Waals surface area contributed by atoms with E-state index >= 15 is 0 Å². The molecule has 0 heterocycles. The molecule has 2 aromatic carbocycles. The molecule has 0 aromatic heterocycles. The van der Waals surface area contributed by atoms with E-state index in [0.29, 0.717) is 22.2 Å². The number of aryl methyl sites for hydroxylation is 1. The molecule has 0 aliphatic heterocycles. The largest absolute Gasteiger partial charge is 0.495 e. The Hall–Kier alpha value is -1.92. The molecule has 0 unspecified atom stereocenters. The van der Waals surface area contributed by atoms with Crippen LogP contribution in [0.25, 0.3) is 0 Å². The lowest BCUT2D eigenvalue weighted by atomic mass is 10.2. The van der Waals surface area contributed by atoms with Crippen molar-refractivity contribution in [3.63, 3.8) is 0 Å². The van der Waals surface area contributed by atoms with E-state index in [2.05, 4.69) is 4.72 Å². The van der Waals surface area contributed by atoms with Crippen LogP contribution >= 0.6 is 11.6 Å². The average molecular weight is 396 g/mol. The van der Waals surface area contributed by atoms with Gasteiger partial charge in [-0.2, -0.15) is 0 Å². The molecule has 5 nitrogen and oxygen atoms in total. The van der Waals surface area contributed by atoms with Gasteiger partial charge in [0.05, 0.1) is 23.8 Å². The van der Waals surface area contributed by atoms with Crippen LogP contribution in [0.5, 0.6) is 11.5 Å². The van der Waals surface area contributed by atoms with Gasteiger partial charge in [0.25, 0.3) is 10.0 Å². The molecule has 0 spiro atoms. The molecule has 1 saturated carbocycles. The van der Waals surface area contributed by atoms with Gasteiger partial charge in [0.2, 0.25) is 0 Å². The quantitative estimate of drug-likeness (QED) is 0.764. The summed E-state index contributed by atoms with van der Waals surface area (Å²) < 4.78 is 39.0. The van der Waals surface area contributed by atoms with E-state index in [0.717, 1.165) is 18.4 Å². The van der Waals surface area contributed by atoms with Crippen molar-refractivity contribution in [2.75, 3.05) is 11.8 Å². The zero-order chi connectivity index (χ0) is 18.7. The summed E-state index contributed by atoms with van der Waals surface area (Å²) in [6.45, 7) is 1.80. The van der Waals surface area contributed by atoms with Crippen molar-refractivity contribution < 1.29 is 17.9 Å². The highest BCUT2D eigenvalue weighted by Crippen LogP contribution is 2.33. The SMILES string of the molecule is COc1cc(Cl)c(C)cc1NS(=O)(=O)c1ccc(OC2CCCC2)cc1. The number of methoxy groups -OCH3 is 1. The second-order valence-corrected chi connectivity index (χ2v) is 8.49. The van der Waals surface area contributed by atoms with E-state index in [1.54, 1.807) is 43.3 Å². The number of benzene rings is 2. The molecule has 0 saturated heterocycles. The second-order valence-electron chi connectivity index (χ2n) is 6.40. The van der Waals surface area contributed by atoms with Crippen LogP contribution in [-0.4, -0.2) is 21.6 Å². The van der Waals surface area contributed by atoms with Gasteiger partial charge in [-0.3, -0.25) is 4.72 Å². The first kappa shape index (κ1) is 18.9. The number of rotatable bonds is 6. The Morgan fingerprint density at radius 3 is 2.38 bits per heavy atom. The first-order valence-electron chi connectivity index (χ1n) is 8.53. The van der Waals surface area contributed by atoms with Gasteiger partial charge < -0.3 is 9.47 Å². The summed E-state index contributed by atoms with van der Waals surface area (Å²) in [4.78, 5) is 0.158. The first-order chi connectivity index (χ1) is 12.4. The Labute approximate surface area is 159 Å². The summed E-state index contributed by atoms with van der Waals surface area (Å²) in [7, 11) is -2.28. The molecule has 0 atom stereocenters. The van der Waals surface area contributed by atoms with Gasteiger partial charge in [0.15, 0.2) is 0 Å². The molecule has 3 rings (SSSR count). The Morgan fingerprint density at radius 1 is 1.12 bits per heavy atom. The van der Waals surface area contributed by atoms with Gasteiger partial charge in [0.1, 0.15) is 11.5 Å². The summed E-state index contributed by atoms with van der Waals surface area (Å²) in [6.07, 6.45) is 4.71. The van der Waals surface area contributed by atoms with Crippen LogP contribution in [0.1, 0.15) is 31.2 Å². The molecular formula is C19H22ClNO4S. The van der Waals surface area contributed by atoms with Gasteiger partial charge in [-0.05, 0) is 68.5 Å². The van der Waals surface area contributed by atoms with Crippen LogP contribution in [0, 0.1) is 6.92 Å². The van der Waals surface area contributed by atoms with Gasteiger partial charge in [-0.1, -0.05) is 11.6 Å². The van der Waals surface area contributed by atoms with Gasteiger partial charge in [-0.25, -0.2) is 8.42 Å². The van der Waals surface area contributed by atoms with Crippen LogP contribution in [0.15, 0.2) is 41.3 Å². The van der Waals surface area contributed by atoms with Crippen molar-refractivity contribution in [3.8, 4) is 11.5 Å². The minimum Gasteiger partial charge on any atom is -0.495 e. The number of hydrogen-bond donors (Lipinski definition) is 1. The number of sulfonamides is 1. The zero-order valence-electron chi connectivity index (χ0n) is 14.8. The van der Waals surface area contributed by atoms with E-state index < -0.39 is 10.0 Å². The summed E-state index contributed by atoms with van der Waals surface area (Å²) >= 11 is 6.07. The second kappa shape index (κ2) is 7.76. The van der Waals surface area contributed by atoms with E-state index in [1.165, 1.54) is 20.0 Å². The summed E-state index contributed by atoms with van der Waals surface area (Å²) in [5.41, 5.74) is 1.10.